The van der Waals surface area contributed by atoms with Crippen LogP contribution in [-0.4, -0.2) is 24.7 Å². The van der Waals surface area contributed by atoms with Gasteiger partial charge in [0, 0.05) is 23.9 Å². The van der Waals surface area contributed by atoms with Crippen molar-refractivity contribution >= 4 is 28.9 Å². The Morgan fingerprint density at radius 2 is 2.17 bits per heavy atom. The zero-order valence-corrected chi connectivity index (χ0v) is 12.4. The van der Waals surface area contributed by atoms with E-state index in [4.69, 9.17) is 16.3 Å². The zero-order valence-electron chi connectivity index (χ0n) is 10.8. The van der Waals surface area contributed by atoms with Gasteiger partial charge in [0.25, 0.3) is 0 Å². The second kappa shape index (κ2) is 5.19. The maximum absolute atomic E-state index is 12.2. The highest BCUT2D eigenvalue weighted by molar-refractivity contribution is 7.16. The number of carbonyl (C=O) groups is 1. The molecule has 3 nitrogen and oxygen atoms in total. The van der Waals surface area contributed by atoms with E-state index in [1.54, 1.807) is 11.3 Å². The van der Waals surface area contributed by atoms with Crippen LogP contribution in [0.3, 0.4) is 0 Å². The van der Waals surface area contributed by atoms with Gasteiger partial charge in [0.1, 0.15) is 5.60 Å². The van der Waals surface area contributed by atoms with Crippen molar-refractivity contribution in [1.82, 2.24) is 5.32 Å². The van der Waals surface area contributed by atoms with Crippen LogP contribution in [0.2, 0.25) is 4.34 Å². The number of hydrogen-bond acceptors (Lipinski definition) is 4. The molecule has 0 radical (unpaired) electrons. The van der Waals surface area contributed by atoms with Crippen molar-refractivity contribution in [2.24, 2.45) is 5.92 Å². The van der Waals surface area contributed by atoms with Crippen LogP contribution in [0.25, 0.3) is 0 Å². The summed E-state index contributed by atoms with van der Waals surface area (Å²) in [6, 6.07) is 3.88. The van der Waals surface area contributed by atoms with Gasteiger partial charge in [-0.25, -0.2) is 0 Å². The van der Waals surface area contributed by atoms with Gasteiger partial charge < -0.3 is 10.1 Å². The molecular weight excluding hydrogens is 270 g/mol. The fourth-order valence-corrected chi connectivity index (χ4v) is 3.36. The number of nitrogens with one attached hydrogen (secondary N) is 1. The molecule has 0 aliphatic carbocycles. The Morgan fingerprint density at radius 3 is 2.72 bits per heavy atom. The molecule has 2 heterocycles. The summed E-state index contributed by atoms with van der Waals surface area (Å²) in [6.45, 7) is 7.16. The van der Waals surface area contributed by atoms with Crippen molar-refractivity contribution in [1.29, 1.82) is 0 Å². The summed E-state index contributed by atoms with van der Waals surface area (Å²) < 4.78 is 6.24. The van der Waals surface area contributed by atoms with Crippen LogP contribution in [0.15, 0.2) is 12.1 Å². The molecule has 0 saturated carbocycles. The van der Waals surface area contributed by atoms with Crippen LogP contribution in [-0.2, 0) is 9.53 Å². The maximum Gasteiger partial charge on any atom is 0.311 e. The molecule has 0 amide bonds. The molecule has 1 aromatic heterocycles. The third-order valence-electron chi connectivity index (χ3n) is 2.88. The van der Waals surface area contributed by atoms with Gasteiger partial charge in [-0.1, -0.05) is 11.6 Å². The molecule has 1 aliphatic rings. The van der Waals surface area contributed by atoms with Crippen molar-refractivity contribution in [3.8, 4) is 0 Å². The van der Waals surface area contributed by atoms with Crippen molar-refractivity contribution in [3.63, 3.8) is 0 Å². The second-order valence-electron chi connectivity index (χ2n) is 5.55. The van der Waals surface area contributed by atoms with Gasteiger partial charge in [0.15, 0.2) is 0 Å². The van der Waals surface area contributed by atoms with Crippen LogP contribution < -0.4 is 5.32 Å². The molecule has 5 heteroatoms. The van der Waals surface area contributed by atoms with Crippen LogP contribution in [0, 0.1) is 5.92 Å². The number of carbonyl (C=O) groups excluding carboxylic acids is 1. The molecule has 1 aromatic rings. The lowest BCUT2D eigenvalue weighted by Gasteiger charge is -2.24. The molecule has 1 N–H and O–H groups in total. The number of halogens is 1. The number of thiophene rings is 1. The predicted molar refractivity (Wildman–Crippen MR) is 74.3 cm³/mol. The highest BCUT2D eigenvalue weighted by Crippen LogP contribution is 2.35. The first-order valence-corrected chi connectivity index (χ1v) is 7.25. The Morgan fingerprint density at radius 1 is 1.44 bits per heavy atom. The minimum absolute atomic E-state index is 0.112. The number of hydrogen-bond donors (Lipinski definition) is 1. The minimum atomic E-state index is -0.433. The lowest BCUT2D eigenvalue weighted by molar-refractivity contribution is -0.159. The normalized spacial score (nSPS) is 24.2. The molecule has 1 saturated heterocycles. The van der Waals surface area contributed by atoms with Gasteiger partial charge >= 0.3 is 5.97 Å². The second-order valence-corrected chi connectivity index (χ2v) is 7.29. The average molecular weight is 288 g/mol. The highest BCUT2D eigenvalue weighted by atomic mass is 35.5. The fourth-order valence-electron chi connectivity index (χ4n) is 2.13. The monoisotopic (exact) mass is 287 g/mol. The number of ether oxygens (including phenoxy) is 1. The van der Waals surface area contributed by atoms with Crippen molar-refractivity contribution in [3.05, 3.63) is 21.3 Å². The van der Waals surface area contributed by atoms with E-state index >= 15 is 0 Å². The fraction of sp³-hybridized carbons (Fsp3) is 0.615. The number of esters is 1. The Hall–Kier alpha value is -0.580. The third kappa shape index (κ3) is 3.25. The van der Waals surface area contributed by atoms with Crippen LogP contribution in [0.5, 0.6) is 0 Å². The van der Waals surface area contributed by atoms with E-state index in [1.807, 2.05) is 32.9 Å². The summed E-state index contributed by atoms with van der Waals surface area (Å²) in [6.07, 6.45) is 0. The minimum Gasteiger partial charge on any atom is -0.460 e. The molecule has 0 aromatic carbocycles. The Labute approximate surface area is 116 Å². The van der Waals surface area contributed by atoms with Crippen LogP contribution >= 0.6 is 22.9 Å². The Bertz CT molecular complexity index is 438. The Kier molecular flexibility index (Phi) is 3.99. The van der Waals surface area contributed by atoms with E-state index in [0.717, 1.165) is 15.8 Å². The average Bonchev–Trinajstić information content (AvgIpc) is 2.81. The first-order valence-electron chi connectivity index (χ1n) is 6.05. The molecular formula is C13H18ClNO2S. The molecule has 0 spiro atoms. The van der Waals surface area contributed by atoms with Gasteiger partial charge in [-0.05, 0) is 32.9 Å². The lowest BCUT2D eigenvalue weighted by atomic mass is 9.94. The third-order valence-corrected chi connectivity index (χ3v) is 4.25. The zero-order chi connectivity index (χ0) is 13.3. The van der Waals surface area contributed by atoms with Gasteiger partial charge in [0.05, 0.1) is 10.3 Å². The highest BCUT2D eigenvalue weighted by Gasteiger charge is 2.37. The summed E-state index contributed by atoms with van der Waals surface area (Å²) >= 11 is 7.50. The van der Waals surface area contributed by atoms with E-state index in [-0.39, 0.29) is 17.8 Å². The van der Waals surface area contributed by atoms with E-state index in [1.165, 1.54) is 0 Å². The van der Waals surface area contributed by atoms with Crippen molar-refractivity contribution in [2.45, 2.75) is 32.3 Å². The molecule has 2 atom stereocenters. The lowest BCUT2D eigenvalue weighted by Crippen LogP contribution is -2.31. The summed E-state index contributed by atoms with van der Waals surface area (Å²) in [5.41, 5.74) is -0.433. The van der Waals surface area contributed by atoms with E-state index in [9.17, 15) is 4.79 Å². The SMILES string of the molecule is CC(C)(C)OC(=O)C1CNCC1c1ccc(Cl)s1. The smallest absolute Gasteiger partial charge is 0.311 e. The molecule has 2 rings (SSSR count). The first-order chi connectivity index (χ1) is 8.37. The largest absolute Gasteiger partial charge is 0.460 e. The van der Waals surface area contributed by atoms with Crippen LogP contribution in [0.1, 0.15) is 31.6 Å². The first kappa shape index (κ1) is 13.8. The van der Waals surface area contributed by atoms with Gasteiger partial charge in [-0.3, -0.25) is 4.79 Å². The molecule has 0 bridgehead atoms. The summed E-state index contributed by atoms with van der Waals surface area (Å²) in [7, 11) is 0. The van der Waals surface area contributed by atoms with Gasteiger partial charge in [0.2, 0.25) is 0 Å². The van der Waals surface area contributed by atoms with Gasteiger partial charge in [-0.2, -0.15) is 0 Å². The van der Waals surface area contributed by atoms with Crippen molar-refractivity contribution in [2.75, 3.05) is 13.1 Å². The molecule has 100 valence electrons. The Balaban J connectivity index is 2.10. The summed E-state index contributed by atoms with van der Waals surface area (Å²) in [5.74, 6) is -0.0571. The van der Waals surface area contributed by atoms with Crippen molar-refractivity contribution < 1.29 is 9.53 Å². The molecule has 2 unspecified atom stereocenters. The maximum atomic E-state index is 12.2. The topological polar surface area (TPSA) is 38.3 Å². The summed E-state index contributed by atoms with van der Waals surface area (Å²) in [4.78, 5) is 13.3. The van der Waals surface area contributed by atoms with Gasteiger partial charge in [-0.15, -0.1) is 11.3 Å². The molecule has 1 fully saturated rings. The van der Waals surface area contributed by atoms with E-state index in [0.29, 0.717) is 6.54 Å². The molecule has 1 aliphatic heterocycles. The molecule has 18 heavy (non-hydrogen) atoms. The van der Waals surface area contributed by atoms with Crippen LogP contribution in [0.4, 0.5) is 0 Å². The number of rotatable bonds is 2. The van der Waals surface area contributed by atoms with E-state index < -0.39 is 5.60 Å². The quantitative estimate of drug-likeness (QED) is 0.850. The predicted octanol–water partition coefficient (Wildman–Crippen LogP) is 3.05. The summed E-state index contributed by atoms with van der Waals surface area (Å²) in [5, 5.41) is 3.26. The van der Waals surface area contributed by atoms with E-state index in [2.05, 4.69) is 5.32 Å². The standard InChI is InChI=1S/C13H18ClNO2S/c1-13(2,3)17-12(16)9-7-15-6-8(9)10-4-5-11(14)18-10/h4-5,8-9,15H,6-7H2,1-3H3.